The number of pyridine rings is 2. The monoisotopic (exact) mass is 480 g/mol. The molecule has 0 saturated carbocycles. The largest absolute Gasteiger partial charge is 0.381 e. The summed E-state index contributed by atoms with van der Waals surface area (Å²) >= 11 is 1.70. The van der Waals surface area contributed by atoms with Gasteiger partial charge in [-0.25, -0.2) is 0 Å². The van der Waals surface area contributed by atoms with Gasteiger partial charge in [-0.1, -0.05) is 30.0 Å². The first-order valence-corrected chi connectivity index (χ1v) is 12.5. The van der Waals surface area contributed by atoms with Crippen LogP contribution in [0.1, 0.15) is 25.3 Å². The van der Waals surface area contributed by atoms with Gasteiger partial charge in [-0.15, -0.1) is 10.2 Å². The standard InChI is InChI=1S/C28H24N4O2S/c1-19(33)28(12-15-34-16-13-28)21-5-4-6-22(18-21)35-23-9-10-25-20(17-23)8-11-26-30-31-27(32(25)26)24-7-2-3-14-29-24/h2-11,14,17-18H,12-13,15-16H2,1H3. The Morgan fingerprint density at radius 1 is 0.943 bits per heavy atom. The summed E-state index contributed by atoms with van der Waals surface area (Å²) in [5, 5.41) is 9.83. The Balaban J connectivity index is 1.36. The van der Waals surface area contributed by atoms with Gasteiger partial charge in [0.05, 0.1) is 10.9 Å². The van der Waals surface area contributed by atoms with Crippen LogP contribution >= 0.6 is 11.8 Å². The highest BCUT2D eigenvalue weighted by molar-refractivity contribution is 7.99. The molecule has 0 spiro atoms. The van der Waals surface area contributed by atoms with Crippen molar-refractivity contribution in [1.29, 1.82) is 0 Å². The number of Topliss-reactive ketones (excluding diaryl/α,β-unsaturated/α-hetero) is 1. The number of carbonyl (C=O) groups excluding carboxylic acids is 1. The van der Waals surface area contributed by atoms with E-state index in [1.54, 1.807) is 24.9 Å². The van der Waals surface area contributed by atoms with Crippen LogP contribution in [0, 0.1) is 0 Å². The Kier molecular flexibility index (Phi) is 5.59. The van der Waals surface area contributed by atoms with Crippen LogP contribution in [0.25, 0.3) is 28.1 Å². The van der Waals surface area contributed by atoms with Crippen LogP contribution < -0.4 is 0 Å². The summed E-state index contributed by atoms with van der Waals surface area (Å²) in [5.74, 6) is 0.945. The topological polar surface area (TPSA) is 69.4 Å². The third kappa shape index (κ3) is 3.90. The fourth-order valence-electron chi connectivity index (χ4n) is 4.96. The third-order valence-electron chi connectivity index (χ3n) is 6.88. The van der Waals surface area contributed by atoms with Crippen molar-refractivity contribution in [2.75, 3.05) is 13.2 Å². The van der Waals surface area contributed by atoms with Gasteiger partial charge in [-0.3, -0.25) is 14.2 Å². The minimum atomic E-state index is -0.444. The molecule has 0 unspecified atom stereocenters. The number of hydrogen-bond acceptors (Lipinski definition) is 6. The minimum absolute atomic E-state index is 0.218. The van der Waals surface area contributed by atoms with E-state index in [2.05, 4.69) is 68.1 Å². The smallest absolute Gasteiger partial charge is 0.187 e. The lowest BCUT2D eigenvalue weighted by molar-refractivity contribution is -0.126. The molecule has 35 heavy (non-hydrogen) atoms. The Hall–Kier alpha value is -3.55. The summed E-state index contributed by atoms with van der Waals surface area (Å²) in [6, 6.07) is 24.7. The predicted octanol–water partition coefficient (Wildman–Crippen LogP) is 5.73. The number of aromatic nitrogens is 4. The second kappa shape index (κ2) is 8.91. The first-order chi connectivity index (χ1) is 17.1. The predicted molar refractivity (Wildman–Crippen MR) is 137 cm³/mol. The van der Waals surface area contributed by atoms with Crippen LogP contribution in [0.5, 0.6) is 0 Å². The Morgan fingerprint density at radius 2 is 1.80 bits per heavy atom. The summed E-state index contributed by atoms with van der Waals surface area (Å²) in [6.07, 6.45) is 3.24. The lowest BCUT2D eigenvalue weighted by Crippen LogP contribution is -2.40. The molecule has 2 aromatic carbocycles. The number of carbonyl (C=O) groups is 1. The highest BCUT2D eigenvalue weighted by Gasteiger charge is 2.39. The molecular weight excluding hydrogens is 456 g/mol. The molecular formula is C28H24N4O2S. The molecule has 6 rings (SSSR count). The molecule has 174 valence electrons. The molecule has 0 aliphatic carbocycles. The summed E-state index contributed by atoms with van der Waals surface area (Å²) in [6.45, 7) is 2.96. The van der Waals surface area contributed by atoms with E-state index in [1.807, 2.05) is 24.3 Å². The number of ether oxygens (including phenoxy) is 1. The normalized spacial score (nSPS) is 15.5. The third-order valence-corrected chi connectivity index (χ3v) is 7.86. The van der Waals surface area contributed by atoms with Crippen molar-refractivity contribution in [3.8, 4) is 11.5 Å². The molecule has 5 aromatic rings. The van der Waals surface area contributed by atoms with Crippen LogP contribution in [0.4, 0.5) is 0 Å². The maximum atomic E-state index is 12.7. The zero-order valence-electron chi connectivity index (χ0n) is 19.3. The van der Waals surface area contributed by atoms with E-state index in [0.29, 0.717) is 13.2 Å². The van der Waals surface area contributed by atoms with E-state index in [9.17, 15) is 4.79 Å². The highest BCUT2D eigenvalue weighted by atomic mass is 32.2. The lowest BCUT2D eigenvalue weighted by atomic mass is 9.71. The minimum Gasteiger partial charge on any atom is -0.381 e. The number of nitrogens with zero attached hydrogens (tertiary/aromatic N) is 4. The Morgan fingerprint density at radius 3 is 2.60 bits per heavy atom. The van der Waals surface area contributed by atoms with E-state index in [-0.39, 0.29) is 5.78 Å². The molecule has 1 saturated heterocycles. The highest BCUT2D eigenvalue weighted by Crippen LogP contribution is 2.39. The van der Waals surface area contributed by atoms with Crippen molar-refractivity contribution in [1.82, 2.24) is 19.6 Å². The number of fused-ring (bicyclic) bond motifs is 3. The first kappa shape index (κ1) is 21.9. The van der Waals surface area contributed by atoms with Crippen molar-refractivity contribution in [3.05, 3.63) is 84.6 Å². The molecule has 6 nitrogen and oxygen atoms in total. The van der Waals surface area contributed by atoms with Gasteiger partial charge in [-0.2, -0.15) is 0 Å². The second-order valence-corrected chi connectivity index (χ2v) is 10.0. The van der Waals surface area contributed by atoms with Crippen LogP contribution in [0.3, 0.4) is 0 Å². The van der Waals surface area contributed by atoms with Crippen molar-refractivity contribution in [2.45, 2.75) is 35.0 Å². The van der Waals surface area contributed by atoms with E-state index < -0.39 is 5.41 Å². The summed E-state index contributed by atoms with van der Waals surface area (Å²) in [7, 11) is 0. The van der Waals surface area contributed by atoms with Gasteiger partial charge in [0.2, 0.25) is 0 Å². The molecule has 0 N–H and O–H groups in total. The fraction of sp³-hybridized carbons (Fsp3) is 0.214. The van der Waals surface area contributed by atoms with E-state index >= 15 is 0 Å². The van der Waals surface area contributed by atoms with Gasteiger partial charge in [0.15, 0.2) is 11.5 Å². The van der Waals surface area contributed by atoms with Crippen molar-refractivity contribution in [2.24, 2.45) is 0 Å². The van der Waals surface area contributed by atoms with Gasteiger partial charge in [0.1, 0.15) is 11.5 Å². The molecule has 0 bridgehead atoms. The molecule has 1 aliphatic heterocycles. The van der Waals surface area contributed by atoms with Gasteiger partial charge in [-0.05, 0) is 85.3 Å². The van der Waals surface area contributed by atoms with Gasteiger partial charge in [0, 0.05) is 29.2 Å². The van der Waals surface area contributed by atoms with E-state index in [1.165, 1.54) is 0 Å². The SMILES string of the molecule is CC(=O)C1(c2cccc(Sc3ccc4c(ccc5nnc(-c6ccccn6)n54)c3)c2)CCOCC1. The molecule has 3 aromatic heterocycles. The molecule has 0 atom stereocenters. The molecule has 7 heteroatoms. The van der Waals surface area contributed by atoms with Crippen LogP contribution in [0.15, 0.2) is 88.8 Å². The fourth-order valence-corrected chi connectivity index (χ4v) is 5.88. The van der Waals surface area contributed by atoms with Gasteiger partial charge >= 0.3 is 0 Å². The molecule has 4 heterocycles. The average molecular weight is 481 g/mol. The van der Waals surface area contributed by atoms with Crippen LogP contribution in [-0.2, 0) is 14.9 Å². The second-order valence-electron chi connectivity index (χ2n) is 8.87. The molecule has 1 fully saturated rings. The zero-order valence-corrected chi connectivity index (χ0v) is 20.2. The van der Waals surface area contributed by atoms with E-state index in [4.69, 9.17) is 4.74 Å². The lowest BCUT2D eigenvalue weighted by Gasteiger charge is -2.35. The summed E-state index contributed by atoms with van der Waals surface area (Å²) < 4.78 is 7.60. The van der Waals surface area contributed by atoms with Crippen molar-refractivity contribution >= 4 is 34.1 Å². The average Bonchev–Trinajstić information content (AvgIpc) is 3.34. The summed E-state index contributed by atoms with van der Waals surface area (Å²) in [5.41, 5.74) is 3.25. The quantitative estimate of drug-likeness (QED) is 0.320. The number of rotatable bonds is 5. The Labute approximate surface area is 207 Å². The maximum absolute atomic E-state index is 12.7. The Bertz CT molecular complexity index is 1540. The van der Waals surface area contributed by atoms with Gasteiger partial charge in [0.25, 0.3) is 0 Å². The number of hydrogen-bond donors (Lipinski definition) is 0. The van der Waals surface area contributed by atoms with Gasteiger partial charge < -0.3 is 4.74 Å². The zero-order chi connectivity index (χ0) is 23.8. The molecule has 1 aliphatic rings. The molecule has 0 radical (unpaired) electrons. The van der Waals surface area contributed by atoms with Crippen LogP contribution in [-0.4, -0.2) is 38.6 Å². The van der Waals surface area contributed by atoms with Crippen LogP contribution in [0.2, 0.25) is 0 Å². The first-order valence-electron chi connectivity index (χ1n) is 11.7. The molecule has 0 amide bonds. The maximum Gasteiger partial charge on any atom is 0.187 e. The number of ketones is 1. The van der Waals surface area contributed by atoms with Crippen molar-refractivity contribution in [3.63, 3.8) is 0 Å². The number of benzene rings is 2. The van der Waals surface area contributed by atoms with Crippen molar-refractivity contribution < 1.29 is 9.53 Å². The summed E-state index contributed by atoms with van der Waals surface area (Å²) in [4.78, 5) is 19.4. The van der Waals surface area contributed by atoms with E-state index in [0.717, 1.165) is 56.3 Å².